The molecule has 0 unspecified atom stereocenters. The van der Waals surface area contributed by atoms with Crippen molar-refractivity contribution in [1.82, 2.24) is 4.81 Å². The van der Waals surface area contributed by atoms with E-state index in [0.717, 1.165) is 0 Å². The largest absolute Gasteiger partial charge is 0.350 e. The van der Waals surface area contributed by atoms with E-state index in [9.17, 15) is 0 Å². The number of hydrogen-bond donors (Lipinski definition) is 0. The molecule has 0 spiro atoms. The standard InChI is InChI=1S/C9H12BN/c1-8(11(2)10)9-6-4-3-5-7-9/h3-8H,1-2H3/t8-/m1/s1. The molecule has 0 amide bonds. The van der Waals surface area contributed by atoms with Gasteiger partial charge in [0.05, 0.1) is 0 Å². The first kappa shape index (κ1) is 8.34. The van der Waals surface area contributed by atoms with Gasteiger partial charge in [-0.1, -0.05) is 30.3 Å². The zero-order chi connectivity index (χ0) is 8.27. The molecule has 1 aromatic carbocycles. The van der Waals surface area contributed by atoms with Gasteiger partial charge < -0.3 is 4.81 Å². The third-order valence-corrected chi connectivity index (χ3v) is 1.89. The smallest absolute Gasteiger partial charge is 0.182 e. The van der Waals surface area contributed by atoms with E-state index in [1.807, 2.05) is 25.2 Å². The van der Waals surface area contributed by atoms with Crippen molar-refractivity contribution in [3.05, 3.63) is 35.9 Å². The monoisotopic (exact) mass is 145 g/mol. The summed E-state index contributed by atoms with van der Waals surface area (Å²) in [6, 6.07) is 10.5. The predicted molar refractivity (Wildman–Crippen MR) is 48.4 cm³/mol. The lowest BCUT2D eigenvalue weighted by Crippen LogP contribution is -2.18. The Morgan fingerprint density at radius 1 is 1.27 bits per heavy atom. The topological polar surface area (TPSA) is 3.24 Å². The molecule has 1 aromatic rings. The number of benzene rings is 1. The fourth-order valence-corrected chi connectivity index (χ4v) is 0.967. The quantitative estimate of drug-likeness (QED) is 0.573. The lowest BCUT2D eigenvalue weighted by molar-refractivity contribution is 0.436. The highest BCUT2D eigenvalue weighted by atomic mass is 15.0. The summed E-state index contributed by atoms with van der Waals surface area (Å²) in [6.07, 6.45) is 0. The molecule has 0 heterocycles. The van der Waals surface area contributed by atoms with Gasteiger partial charge in [-0.25, -0.2) is 0 Å². The molecule has 0 saturated carbocycles. The Bertz CT molecular complexity index is 208. The molecule has 11 heavy (non-hydrogen) atoms. The Morgan fingerprint density at radius 3 is 2.27 bits per heavy atom. The van der Waals surface area contributed by atoms with Crippen molar-refractivity contribution in [2.75, 3.05) is 7.05 Å². The molecule has 0 aliphatic carbocycles. The van der Waals surface area contributed by atoms with Crippen molar-refractivity contribution in [2.45, 2.75) is 13.0 Å². The Kier molecular flexibility index (Phi) is 2.72. The van der Waals surface area contributed by atoms with E-state index in [2.05, 4.69) is 19.1 Å². The summed E-state index contributed by atoms with van der Waals surface area (Å²) in [5.41, 5.74) is 1.25. The van der Waals surface area contributed by atoms with Crippen LogP contribution in [0.1, 0.15) is 18.5 Å². The highest BCUT2D eigenvalue weighted by Crippen LogP contribution is 2.15. The van der Waals surface area contributed by atoms with Crippen LogP contribution in [-0.2, 0) is 0 Å². The zero-order valence-electron chi connectivity index (χ0n) is 6.99. The summed E-state index contributed by atoms with van der Waals surface area (Å²) in [6.45, 7) is 2.08. The maximum atomic E-state index is 5.60. The number of rotatable bonds is 2. The van der Waals surface area contributed by atoms with Crippen LogP contribution < -0.4 is 0 Å². The van der Waals surface area contributed by atoms with Crippen LogP contribution in [0, 0.1) is 0 Å². The van der Waals surface area contributed by atoms with E-state index >= 15 is 0 Å². The van der Waals surface area contributed by atoms with Crippen molar-refractivity contribution < 1.29 is 0 Å². The number of nitrogens with zero attached hydrogens (tertiary/aromatic N) is 1. The van der Waals surface area contributed by atoms with Gasteiger partial charge in [0, 0.05) is 6.04 Å². The third-order valence-electron chi connectivity index (χ3n) is 1.89. The van der Waals surface area contributed by atoms with E-state index in [0.29, 0.717) is 0 Å². The van der Waals surface area contributed by atoms with Gasteiger partial charge in [0.25, 0.3) is 0 Å². The lowest BCUT2D eigenvalue weighted by atomic mass is 10.1. The maximum Gasteiger partial charge on any atom is 0.182 e. The Labute approximate surface area is 69.5 Å². The predicted octanol–water partition coefficient (Wildman–Crippen LogP) is 1.76. The van der Waals surface area contributed by atoms with Gasteiger partial charge in [0.1, 0.15) is 0 Å². The van der Waals surface area contributed by atoms with Crippen LogP contribution >= 0.6 is 0 Å². The van der Waals surface area contributed by atoms with Gasteiger partial charge in [-0.05, 0) is 19.5 Å². The molecule has 0 aliphatic heterocycles. The minimum absolute atomic E-state index is 0.288. The van der Waals surface area contributed by atoms with E-state index in [4.69, 9.17) is 7.98 Å². The molecule has 0 saturated heterocycles. The molecular formula is C9H12BN. The minimum Gasteiger partial charge on any atom is -0.350 e. The summed E-state index contributed by atoms with van der Waals surface area (Å²) in [5.74, 6) is 0. The minimum atomic E-state index is 0.288. The summed E-state index contributed by atoms with van der Waals surface area (Å²) in [5, 5.41) is 0. The molecule has 1 atom stereocenters. The first-order valence-electron chi connectivity index (χ1n) is 3.74. The van der Waals surface area contributed by atoms with Crippen molar-refractivity contribution in [3.8, 4) is 0 Å². The molecule has 0 aromatic heterocycles. The fourth-order valence-electron chi connectivity index (χ4n) is 0.967. The Balaban J connectivity index is 2.77. The highest BCUT2D eigenvalue weighted by molar-refractivity contribution is 6.04. The normalized spacial score (nSPS) is 13.4. The first-order valence-corrected chi connectivity index (χ1v) is 3.74. The fraction of sp³-hybridized carbons (Fsp3) is 0.333. The van der Waals surface area contributed by atoms with Crippen LogP contribution in [0.15, 0.2) is 30.3 Å². The van der Waals surface area contributed by atoms with E-state index in [-0.39, 0.29) is 6.04 Å². The van der Waals surface area contributed by atoms with Crippen LogP contribution in [0.5, 0.6) is 0 Å². The second-order valence-electron chi connectivity index (χ2n) is 2.75. The van der Waals surface area contributed by atoms with Gasteiger partial charge in [-0.15, -0.1) is 0 Å². The van der Waals surface area contributed by atoms with Crippen molar-refractivity contribution in [1.29, 1.82) is 0 Å². The summed E-state index contributed by atoms with van der Waals surface area (Å²) >= 11 is 0. The molecule has 2 radical (unpaired) electrons. The van der Waals surface area contributed by atoms with Gasteiger partial charge in [0.15, 0.2) is 7.98 Å². The van der Waals surface area contributed by atoms with Gasteiger partial charge in [-0.3, -0.25) is 0 Å². The summed E-state index contributed by atoms with van der Waals surface area (Å²) in [7, 11) is 7.47. The Morgan fingerprint density at radius 2 is 1.82 bits per heavy atom. The molecule has 1 nitrogen and oxygen atoms in total. The molecule has 56 valence electrons. The van der Waals surface area contributed by atoms with Gasteiger partial charge >= 0.3 is 0 Å². The maximum absolute atomic E-state index is 5.60. The van der Waals surface area contributed by atoms with E-state index < -0.39 is 0 Å². The lowest BCUT2D eigenvalue weighted by Gasteiger charge is -2.20. The second-order valence-corrected chi connectivity index (χ2v) is 2.75. The molecule has 0 bridgehead atoms. The molecule has 0 N–H and O–H groups in total. The van der Waals surface area contributed by atoms with Crippen molar-refractivity contribution in [3.63, 3.8) is 0 Å². The summed E-state index contributed by atoms with van der Waals surface area (Å²) < 4.78 is 0. The van der Waals surface area contributed by atoms with Crippen LogP contribution in [-0.4, -0.2) is 19.8 Å². The molecule has 2 heteroatoms. The van der Waals surface area contributed by atoms with Crippen LogP contribution in [0.25, 0.3) is 0 Å². The Hall–Kier alpha value is -0.755. The molecule has 0 aliphatic rings. The second kappa shape index (κ2) is 3.58. The number of hydrogen-bond acceptors (Lipinski definition) is 1. The van der Waals surface area contributed by atoms with Crippen LogP contribution in [0.4, 0.5) is 0 Å². The van der Waals surface area contributed by atoms with Crippen molar-refractivity contribution >= 4 is 7.98 Å². The van der Waals surface area contributed by atoms with Crippen LogP contribution in [0.2, 0.25) is 0 Å². The zero-order valence-corrected chi connectivity index (χ0v) is 6.99. The van der Waals surface area contributed by atoms with Crippen molar-refractivity contribution in [2.24, 2.45) is 0 Å². The van der Waals surface area contributed by atoms with E-state index in [1.54, 1.807) is 4.81 Å². The third kappa shape index (κ3) is 2.09. The van der Waals surface area contributed by atoms with Gasteiger partial charge in [0.2, 0.25) is 0 Å². The van der Waals surface area contributed by atoms with Gasteiger partial charge in [-0.2, -0.15) is 0 Å². The van der Waals surface area contributed by atoms with Crippen LogP contribution in [0.3, 0.4) is 0 Å². The molecule has 1 rings (SSSR count). The molecular weight excluding hydrogens is 133 g/mol. The van der Waals surface area contributed by atoms with E-state index in [1.165, 1.54) is 5.56 Å². The first-order chi connectivity index (χ1) is 5.22. The SMILES string of the molecule is [B]N(C)[C@H](C)c1ccccc1. The average molecular weight is 145 g/mol. The average Bonchev–Trinajstić information content (AvgIpc) is 2.05. The highest BCUT2D eigenvalue weighted by Gasteiger charge is 2.04. The molecule has 0 fully saturated rings. The summed E-state index contributed by atoms with van der Waals surface area (Å²) in [4.78, 5) is 1.70.